The molecule has 0 bridgehead atoms. The zero-order chi connectivity index (χ0) is 22.5. The van der Waals surface area contributed by atoms with E-state index in [1.54, 1.807) is 12.3 Å². The number of ether oxygens (including phenoxy) is 2. The minimum atomic E-state index is -0.688. The molecule has 0 spiro atoms. The largest absolute Gasteiger partial charge is 0.460 e. The minimum absolute atomic E-state index is 0.0167. The Bertz CT molecular complexity index is 1110. The van der Waals surface area contributed by atoms with Crippen molar-refractivity contribution in [1.82, 2.24) is 4.98 Å². The summed E-state index contributed by atoms with van der Waals surface area (Å²) in [5.74, 6) is -0.344. The Morgan fingerprint density at radius 2 is 2.00 bits per heavy atom. The monoisotopic (exact) mass is 463 g/mol. The zero-order valence-electron chi connectivity index (χ0n) is 17.1. The van der Waals surface area contributed by atoms with Gasteiger partial charge in [0, 0.05) is 12.5 Å². The smallest absolute Gasteiger partial charge is 0.341 e. The van der Waals surface area contributed by atoms with Crippen LogP contribution in [0.5, 0.6) is 0 Å². The number of amides is 2. The van der Waals surface area contributed by atoms with E-state index in [1.165, 1.54) is 18.4 Å². The third-order valence-corrected chi connectivity index (χ3v) is 6.32. The van der Waals surface area contributed by atoms with Crippen LogP contribution in [0, 0.1) is 13.8 Å². The molecule has 3 N–H and O–H groups in total. The molecule has 164 valence electrons. The highest BCUT2D eigenvalue weighted by atomic mass is 32.1. The number of aryl methyl sites for hydroxylation is 1. The molecule has 0 aliphatic rings. The van der Waals surface area contributed by atoms with Crippen molar-refractivity contribution in [2.45, 2.75) is 20.3 Å². The van der Waals surface area contributed by atoms with Crippen LogP contribution in [0.4, 0.5) is 5.00 Å². The van der Waals surface area contributed by atoms with Crippen LogP contribution in [0.1, 0.15) is 37.0 Å². The second-order valence-electron chi connectivity index (χ2n) is 6.53. The van der Waals surface area contributed by atoms with E-state index in [0.29, 0.717) is 22.0 Å². The molecule has 0 saturated carbocycles. The summed E-state index contributed by atoms with van der Waals surface area (Å²) >= 11 is 2.30. The summed E-state index contributed by atoms with van der Waals surface area (Å²) in [7, 11) is 1.48. The number of anilines is 1. The third kappa shape index (κ3) is 5.37. The SMILES string of the molecule is COCCOC(=O)c1c(NC(=O)Cc2csc(-c3ccc(C)o3)n2)sc(C(N)=O)c1C. The molecule has 0 saturated heterocycles. The van der Waals surface area contributed by atoms with Crippen LogP contribution < -0.4 is 11.1 Å². The standard InChI is InChI=1S/C20H21N3O6S2/c1-10-4-5-13(29-10)18-22-12(9-30-18)8-14(24)23-19-15(20(26)28-7-6-27-3)11(2)16(31-19)17(21)25/h4-5,9H,6-8H2,1-3H3,(H2,21,25)(H,23,24). The second-order valence-corrected chi connectivity index (χ2v) is 8.41. The lowest BCUT2D eigenvalue weighted by molar-refractivity contribution is -0.115. The van der Waals surface area contributed by atoms with Crippen LogP contribution in [-0.4, -0.2) is 43.1 Å². The predicted octanol–water partition coefficient (Wildman–Crippen LogP) is 3.16. The number of thiophene rings is 1. The van der Waals surface area contributed by atoms with Gasteiger partial charge in [-0.05, 0) is 31.5 Å². The van der Waals surface area contributed by atoms with Crippen molar-refractivity contribution in [3.63, 3.8) is 0 Å². The number of furan rings is 1. The van der Waals surface area contributed by atoms with Gasteiger partial charge in [0.25, 0.3) is 5.91 Å². The average molecular weight is 464 g/mol. The highest BCUT2D eigenvalue weighted by Gasteiger charge is 2.26. The molecular formula is C20H21N3O6S2. The van der Waals surface area contributed by atoms with Crippen LogP contribution in [0.25, 0.3) is 10.8 Å². The van der Waals surface area contributed by atoms with Crippen molar-refractivity contribution in [2.75, 3.05) is 25.6 Å². The molecule has 11 heteroatoms. The maximum Gasteiger partial charge on any atom is 0.341 e. The van der Waals surface area contributed by atoms with Crippen molar-refractivity contribution in [3.8, 4) is 10.8 Å². The molecule has 3 heterocycles. The number of thiazole rings is 1. The van der Waals surface area contributed by atoms with E-state index >= 15 is 0 Å². The summed E-state index contributed by atoms with van der Waals surface area (Å²) in [4.78, 5) is 41.4. The first-order chi connectivity index (χ1) is 14.8. The summed E-state index contributed by atoms with van der Waals surface area (Å²) in [6.07, 6.45) is -0.0167. The van der Waals surface area contributed by atoms with Gasteiger partial charge in [-0.15, -0.1) is 22.7 Å². The van der Waals surface area contributed by atoms with Gasteiger partial charge in [0.1, 0.15) is 17.4 Å². The molecule has 0 fully saturated rings. The van der Waals surface area contributed by atoms with Gasteiger partial charge < -0.3 is 24.9 Å². The highest BCUT2D eigenvalue weighted by molar-refractivity contribution is 7.18. The lowest BCUT2D eigenvalue weighted by Gasteiger charge is -2.07. The van der Waals surface area contributed by atoms with E-state index in [0.717, 1.165) is 17.1 Å². The lowest BCUT2D eigenvalue weighted by atomic mass is 10.1. The molecule has 3 aromatic rings. The molecule has 0 aromatic carbocycles. The van der Waals surface area contributed by atoms with Crippen LogP contribution in [0.2, 0.25) is 0 Å². The third-order valence-electron chi connectivity index (χ3n) is 4.19. The fourth-order valence-electron chi connectivity index (χ4n) is 2.76. The number of hydrogen-bond donors (Lipinski definition) is 2. The van der Waals surface area contributed by atoms with Gasteiger partial charge >= 0.3 is 5.97 Å². The Kier molecular flexibility index (Phi) is 7.21. The summed E-state index contributed by atoms with van der Waals surface area (Å²) in [6.45, 7) is 3.68. The second kappa shape index (κ2) is 9.86. The topological polar surface area (TPSA) is 134 Å². The molecule has 0 radical (unpaired) electrons. The van der Waals surface area contributed by atoms with Gasteiger partial charge in [0.05, 0.1) is 29.2 Å². The number of carbonyl (C=O) groups is 3. The molecule has 0 unspecified atom stereocenters. The van der Waals surface area contributed by atoms with Gasteiger partial charge in [-0.1, -0.05) is 0 Å². The van der Waals surface area contributed by atoms with Gasteiger partial charge in [-0.25, -0.2) is 9.78 Å². The molecule has 0 atom stereocenters. The zero-order valence-corrected chi connectivity index (χ0v) is 18.8. The van der Waals surface area contributed by atoms with Gasteiger partial charge in [-0.2, -0.15) is 0 Å². The molecule has 3 aromatic heterocycles. The molecule has 9 nitrogen and oxygen atoms in total. The Balaban J connectivity index is 1.75. The van der Waals surface area contributed by atoms with Gasteiger partial charge in [-0.3, -0.25) is 9.59 Å². The number of aromatic nitrogens is 1. The van der Waals surface area contributed by atoms with E-state index in [2.05, 4.69) is 10.3 Å². The number of primary amides is 1. The van der Waals surface area contributed by atoms with Crippen LogP contribution >= 0.6 is 22.7 Å². The van der Waals surface area contributed by atoms with Crippen molar-refractivity contribution >= 4 is 45.5 Å². The van der Waals surface area contributed by atoms with Gasteiger partial charge in [0.2, 0.25) is 5.91 Å². The normalized spacial score (nSPS) is 10.8. The quantitative estimate of drug-likeness (QED) is 0.368. The maximum absolute atomic E-state index is 12.6. The fraction of sp³-hybridized carbons (Fsp3) is 0.300. The first-order valence-corrected chi connectivity index (χ1v) is 10.9. The number of nitrogens with zero attached hydrogens (tertiary/aromatic N) is 1. The van der Waals surface area contributed by atoms with Crippen LogP contribution in [0.3, 0.4) is 0 Å². The Hall–Kier alpha value is -3.02. The van der Waals surface area contributed by atoms with Gasteiger partial charge in [0.15, 0.2) is 10.8 Å². The molecule has 3 rings (SSSR count). The van der Waals surface area contributed by atoms with E-state index in [9.17, 15) is 14.4 Å². The first kappa shape index (κ1) is 22.7. The van der Waals surface area contributed by atoms with Crippen molar-refractivity contribution < 1.29 is 28.3 Å². The van der Waals surface area contributed by atoms with Crippen LogP contribution in [0.15, 0.2) is 21.9 Å². The number of nitrogens with one attached hydrogen (secondary N) is 1. The number of esters is 1. The van der Waals surface area contributed by atoms with E-state index in [-0.39, 0.29) is 35.1 Å². The fourth-order valence-corrected chi connectivity index (χ4v) is 4.60. The average Bonchev–Trinajstić information content (AvgIpc) is 3.41. The summed E-state index contributed by atoms with van der Waals surface area (Å²) < 4.78 is 15.6. The summed E-state index contributed by atoms with van der Waals surface area (Å²) in [5.41, 5.74) is 6.42. The number of nitrogens with two attached hydrogens (primary N) is 1. The number of methoxy groups -OCH3 is 1. The van der Waals surface area contributed by atoms with Crippen LogP contribution in [-0.2, 0) is 20.7 Å². The van der Waals surface area contributed by atoms with E-state index < -0.39 is 17.8 Å². The van der Waals surface area contributed by atoms with E-state index in [1.807, 2.05) is 19.1 Å². The molecule has 31 heavy (non-hydrogen) atoms. The highest BCUT2D eigenvalue weighted by Crippen LogP contribution is 2.34. The van der Waals surface area contributed by atoms with Crippen molar-refractivity contribution in [2.24, 2.45) is 5.73 Å². The number of rotatable bonds is 9. The molecule has 2 amide bonds. The molecular weight excluding hydrogens is 442 g/mol. The Morgan fingerprint density at radius 1 is 1.23 bits per heavy atom. The Morgan fingerprint density at radius 3 is 2.65 bits per heavy atom. The maximum atomic E-state index is 12.6. The molecule has 0 aliphatic heterocycles. The predicted molar refractivity (Wildman–Crippen MR) is 117 cm³/mol. The molecule has 0 aliphatic carbocycles. The minimum Gasteiger partial charge on any atom is -0.460 e. The summed E-state index contributed by atoms with van der Waals surface area (Å²) in [5, 5.41) is 5.32. The van der Waals surface area contributed by atoms with Crippen molar-refractivity contribution in [3.05, 3.63) is 45.0 Å². The lowest BCUT2D eigenvalue weighted by Crippen LogP contribution is -2.17. The number of hydrogen-bond acceptors (Lipinski definition) is 9. The number of carbonyl (C=O) groups excluding carboxylic acids is 3. The van der Waals surface area contributed by atoms with E-state index in [4.69, 9.17) is 19.6 Å². The summed E-state index contributed by atoms with van der Waals surface area (Å²) in [6, 6.07) is 3.66. The first-order valence-electron chi connectivity index (χ1n) is 9.20. The van der Waals surface area contributed by atoms with Crippen molar-refractivity contribution in [1.29, 1.82) is 0 Å². The Labute approximate surface area is 186 Å².